The SMILES string of the molecule is COc1ccccc1NC(=O)COc1ccc(/C=N/n2c(=O)cn[nH]c2=S)cc1OC. The maximum absolute atomic E-state index is 12.2. The zero-order valence-electron chi connectivity index (χ0n) is 16.7. The molecule has 0 unspecified atom stereocenters. The number of nitrogens with zero attached hydrogens (tertiary/aromatic N) is 3. The van der Waals surface area contributed by atoms with Crippen LogP contribution in [0.1, 0.15) is 5.56 Å². The fourth-order valence-electron chi connectivity index (χ4n) is 2.54. The van der Waals surface area contributed by atoms with Gasteiger partial charge in [-0.3, -0.25) is 14.7 Å². The first-order chi connectivity index (χ1) is 15.0. The molecular weight excluding hydrogens is 422 g/mol. The standard InChI is InChI=1S/C20H19N5O5S/c1-28-15-6-4-3-5-14(15)23-18(26)12-30-16-8-7-13(9-17(16)29-2)10-22-25-19(27)11-21-24-20(25)31/h3-11H,12H2,1-2H3,(H,23,26)(H,24,31)/b22-10+. The first kappa shape index (κ1) is 21.7. The van der Waals surface area contributed by atoms with Gasteiger partial charge < -0.3 is 19.5 Å². The number of carbonyl (C=O) groups excluding carboxylic acids is 1. The average Bonchev–Trinajstić information content (AvgIpc) is 2.78. The molecule has 1 aromatic heterocycles. The number of H-pyrrole nitrogens is 1. The van der Waals surface area contributed by atoms with Crippen LogP contribution < -0.4 is 25.1 Å². The molecule has 0 atom stereocenters. The Morgan fingerprint density at radius 2 is 1.97 bits per heavy atom. The second-order valence-electron chi connectivity index (χ2n) is 6.02. The molecule has 0 fully saturated rings. The summed E-state index contributed by atoms with van der Waals surface area (Å²) >= 11 is 4.99. The molecule has 1 amide bonds. The molecule has 0 aliphatic carbocycles. The molecule has 0 aliphatic heterocycles. The summed E-state index contributed by atoms with van der Waals surface area (Å²) in [7, 11) is 3.00. The molecule has 1 heterocycles. The minimum atomic E-state index is -0.465. The van der Waals surface area contributed by atoms with Crippen molar-refractivity contribution in [2.75, 3.05) is 26.1 Å². The van der Waals surface area contributed by atoms with Crippen LogP contribution in [0.2, 0.25) is 0 Å². The molecule has 0 radical (unpaired) electrons. The van der Waals surface area contributed by atoms with Crippen molar-refractivity contribution >= 4 is 30.0 Å². The third-order valence-corrected chi connectivity index (χ3v) is 4.25. The summed E-state index contributed by atoms with van der Waals surface area (Å²) in [4.78, 5) is 24.0. The molecule has 0 aliphatic rings. The summed E-state index contributed by atoms with van der Waals surface area (Å²) in [6.45, 7) is -0.233. The molecule has 0 saturated heterocycles. The zero-order chi connectivity index (χ0) is 22.2. The van der Waals surface area contributed by atoms with Crippen LogP contribution in [-0.2, 0) is 4.79 Å². The monoisotopic (exact) mass is 441 g/mol. The second kappa shape index (κ2) is 10.2. The highest BCUT2D eigenvalue weighted by Gasteiger charge is 2.10. The Morgan fingerprint density at radius 1 is 1.19 bits per heavy atom. The van der Waals surface area contributed by atoms with E-state index >= 15 is 0 Å². The number of amides is 1. The molecular formula is C20H19N5O5S. The highest BCUT2D eigenvalue weighted by atomic mass is 32.1. The van der Waals surface area contributed by atoms with Crippen molar-refractivity contribution in [2.45, 2.75) is 0 Å². The predicted octanol–water partition coefficient (Wildman–Crippen LogP) is 2.22. The number of aromatic amines is 1. The Kier molecular flexibility index (Phi) is 7.12. The highest BCUT2D eigenvalue weighted by Crippen LogP contribution is 2.28. The van der Waals surface area contributed by atoms with Crippen LogP contribution in [-0.4, -0.2) is 47.8 Å². The number of ether oxygens (including phenoxy) is 3. The van der Waals surface area contributed by atoms with Gasteiger partial charge in [-0.2, -0.15) is 14.9 Å². The van der Waals surface area contributed by atoms with E-state index in [1.165, 1.54) is 20.4 Å². The van der Waals surface area contributed by atoms with Crippen molar-refractivity contribution in [3.8, 4) is 17.2 Å². The first-order valence-electron chi connectivity index (χ1n) is 8.96. The number of hydrogen-bond acceptors (Lipinski definition) is 8. The molecule has 3 aromatic rings. The molecule has 2 N–H and O–H groups in total. The van der Waals surface area contributed by atoms with Crippen molar-refractivity contribution in [1.29, 1.82) is 0 Å². The predicted molar refractivity (Wildman–Crippen MR) is 117 cm³/mol. The number of benzene rings is 2. The highest BCUT2D eigenvalue weighted by molar-refractivity contribution is 7.71. The van der Waals surface area contributed by atoms with E-state index in [4.69, 9.17) is 26.4 Å². The Balaban J connectivity index is 1.69. The van der Waals surface area contributed by atoms with E-state index in [0.29, 0.717) is 28.5 Å². The Morgan fingerprint density at radius 3 is 2.71 bits per heavy atom. The Labute approximate surface area is 182 Å². The van der Waals surface area contributed by atoms with E-state index < -0.39 is 5.56 Å². The number of rotatable bonds is 8. The lowest BCUT2D eigenvalue weighted by Gasteiger charge is -2.12. The molecule has 0 spiro atoms. The Bertz CT molecular complexity index is 1190. The summed E-state index contributed by atoms with van der Waals surface area (Å²) in [6, 6.07) is 12.0. The summed E-state index contributed by atoms with van der Waals surface area (Å²) in [5, 5.41) is 12.9. The van der Waals surface area contributed by atoms with Crippen LogP contribution in [0, 0.1) is 4.77 Å². The van der Waals surface area contributed by atoms with Gasteiger partial charge >= 0.3 is 0 Å². The molecule has 160 valence electrons. The minimum Gasteiger partial charge on any atom is -0.495 e. The normalized spacial score (nSPS) is 10.6. The quantitative estimate of drug-likeness (QED) is 0.406. The Hall–Kier alpha value is -3.99. The molecule has 0 saturated carbocycles. The van der Waals surface area contributed by atoms with E-state index in [1.54, 1.807) is 42.5 Å². The van der Waals surface area contributed by atoms with Gasteiger partial charge in [0.1, 0.15) is 11.9 Å². The van der Waals surface area contributed by atoms with Crippen molar-refractivity contribution in [3.05, 3.63) is 69.3 Å². The second-order valence-corrected chi connectivity index (χ2v) is 6.40. The van der Waals surface area contributed by atoms with Gasteiger partial charge in [0.25, 0.3) is 11.5 Å². The van der Waals surface area contributed by atoms with Crippen LogP contribution in [0.4, 0.5) is 5.69 Å². The smallest absolute Gasteiger partial charge is 0.293 e. The maximum Gasteiger partial charge on any atom is 0.293 e. The number of anilines is 1. The molecule has 11 heteroatoms. The van der Waals surface area contributed by atoms with Crippen LogP contribution >= 0.6 is 12.2 Å². The lowest BCUT2D eigenvalue weighted by atomic mass is 10.2. The molecule has 10 nitrogen and oxygen atoms in total. The zero-order valence-corrected chi connectivity index (χ0v) is 17.5. The van der Waals surface area contributed by atoms with Crippen molar-refractivity contribution in [1.82, 2.24) is 14.9 Å². The van der Waals surface area contributed by atoms with Gasteiger partial charge in [0.2, 0.25) is 4.77 Å². The fraction of sp³-hybridized carbons (Fsp3) is 0.150. The molecule has 3 rings (SSSR count). The van der Waals surface area contributed by atoms with Crippen LogP contribution in [0.15, 0.2) is 58.6 Å². The van der Waals surface area contributed by atoms with Crippen molar-refractivity contribution in [2.24, 2.45) is 5.10 Å². The summed E-state index contributed by atoms with van der Waals surface area (Å²) in [5.74, 6) is 0.947. The van der Waals surface area contributed by atoms with E-state index in [-0.39, 0.29) is 17.3 Å². The van der Waals surface area contributed by atoms with Gasteiger partial charge in [0, 0.05) is 0 Å². The first-order valence-corrected chi connectivity index (χ1v) is 9.37. The number of nitrogens with one attached hydrogen (secondary N) is 2. The van der Waals surface area contributed by atoms with Gasteiger partial charge in [-0.1, -0.05) is 12.1 Å². The topological polar surface area (TPSA) is 120 Å². The van der Waals surface area contributed by atoms with Crippen molar-refractivity contribution in [3.63, 3.8) is 0 Å². The number of carbonyl (C=O) groups is 1. The van der Waals surface area contributed by atoms with Gasteiger partial charge in [0.05, 0.1) is 26.1 Å². The van der Waals surface area contributed by atoms with Gasteiger partial charge in [-0.05, 0) is 48.1 Å². The summed E-state index contributed by atoms with van der Waals surface area (Å²) < 4.78 is 17.2. The van der Waals surface area contributed by atoms with E-state index in [2.05, 4.69) is 20.6 Å². The van der Waals surface area contributed by atoms with Gasteiger partial charge in [-0.15, -0.1) is 0 Å². The van der Waals surface area contributed by atoms with E-state index in [1.807, 2.05) is 0 Å². The van der Waals surface area contributed by atoms with E-state index in [0.717, 1.165) is 10.9 Å². The largest absolute Gasteiger partial charge is 0.495 e. The molecule has 0 bridgehead atoms. The van der Waals surface area contributed by atoms with Crippen LogP contribution in [0.25, 0.3) is 0 Å². The van der Waals surface area contributed by atoms with Crippen LogP contribution in [0.5, 0.6) is 17.2 Å². The molecule has 31 heavy (non-hydrogen) atoms. The fourth-order valence-corrected chi connectivity index (χ4v) is 2.73. The number of hydrogen-bond donors (Lipinski definition) is 2. The number of aromatic nitrogens is 3. The molecule has 2 aromatic carbocycles. The minimum absolute atomic E-state index is 0.0664. The third kappa shape index (κ3) is 5.54. The van der Waals surface area contributed by atoms with E-state index in [9.17, 15) is 9.59 Å². The van der Waals surface area contributed by atoms with Crippen LogP contribution in [0.3, 0.4) is 0 Å². The number of methoxy groups -OCH3 is 2. The average molecular weight is 441 g/mol. The third-order valence-electron chi connectivity index (χ3n) is 3.99. The maximum atomic E-state index is 12.2. The van der Waals surface area contributed by atoms with Gasteiger partial charge in [0.15, 0.2) is 18.1 Å². The van der Waals surface area contributed by atoms with Gasteiger partial charge in [-0.25, -0.2) is 0 Å². The summed E-state index contributed by atoms with van der Waals surface area (Å²) in [6.07, 6.45) is 2.51. The lowest BCUT2D eigenvalue weighted by Crippen LogP contribution is -2.20. The van der Waals surface area contributed by atoms with Crippen molar-refractivity contribution < 1.29 is 19.0 Å². The summed E-state index contributed by atoms with van der Waals surface area (Å²) in [5.41, 5.74) is 0.704. The lowest BCUT2D eigenvalue weighted by molar-refractivity contribution is -0.118. The number of para-hydroxylation sites is 2.